The quantitative estimate of drug-likeness (QED) is 0.792. The molecule has 1 aromatic heterocycles. The number of nitrogens with two attached hydrogens (primary N) is 1. The summed E-state index contributed by atoms with van der Waals surface area (Å²) >= 11 is 5.83. The predicted molar refractivity (Wildman–Crippen MR) is 61.9 cm³/mol. The summed E-state index contributed by atoms with van der Waals surface area (Å²) in [7, 11) is 0. The van der Waals surface area contributed by atoms with E-state index in [1.807, 2.05) is 29.8 Å². The minimum absolute atomic E-state index is 0.661. The standard InChI is InChI=1S/C11H12ClN3/c1-8-4-5-14-15(8)7-9-2-3-10(12)6-11(9)13/h2-6H,7,13H2,1H3. The molecule has 0 aliphatic rings. The zero-order chi connectivity index (χ0) is 10.8. The second kappa shape index (κ2) is 3.95. The zero-order valence-electron chi connectivity index (χ0n) is 8.44. The van der Waals surface area contributed by atoms with E-state index in [1.54, 1.807) is 12.3 Å². The van der Waals surface area contributed by atoms with Crippen molar-refractivity contribution >= 4 is 17.3 Å². The Morgan fingerprint density at radius 3 is 2.80 bits per heavy atom. The third kappa shape index (κ3) is 2.13. The lowest BCUT2D eigenvalue weighted by Crippen LogP contribution is -2.05. The van der Waals surface area contributed by atoms with Crippen molar-refractivity contribution in [3.05, 3.63) is 46.7 Å². The second-order valence-electron chi connectivity index (χ2n) is 3.47. The number of benzene rings is 1. The minimum atomic E-state index is 0.661. The fourth-order valence-corrected chi connectivity index (χ4v) is 1.62. The van der Waals surface area contributed by atoms with E-state index in [0.717, 1.165) is 11.3 Å². The van der Waals surface area contributed by atoms with Gasteiger partial charge in [-0.15, -0.1) is 0 Å². The highest BCUT2D eigenvalue weighted by Crippen LogP contribution is 2.19. The van der Waals surface area contributed by atoms with Gasteiger partial charge in [0.25, 0.3) is 0 Å². The smallest absolute Gasteiger partial charge is 0.0682 e. The molecule has 15 heavy (non-hydrogen) atoms. The van der Waals surface area contributed by atoms with Crippen LogP contribution in [0.5, 0.6) is 0 Å². The first kappa shape index (κ1) is 10.1. The number of hydrogen-bond acceptors (Lipinski definition) is 2. The van der Waals surface area contributed by atoms with Gasteiger partial charge in [0.1, 0.15) is 0 Å². The molecule has 0 fully saturated rings. The van der Waals surface area contributed by atoms with E-state index in [4.69, 9.17) is 17.3 Å². The van der Waals surface area contributed by atoms with Gasteiger partial charge in [0.15, 0.2) is 0 Å². The van der Waals surface area contributed by atoms with Crippen molar-refractivity contribution in [3.8, 4) is 0 Å². The Hall–Kier alpha value is -1.48. The molecule has 1 heterocycles. The molecule has 0 atom stereocenters. The number of hydrogen-bond donors (Lipinski definition) is 1. The predicted octanol–water partition coefficient (Wildman–Crippen LogP) is 2.48. The van der Waals surface area contributed by atoms with Gasteiger partial charge in [0.2, 0.25) is 0 Å². The SMILES string of the molecule is Cc1ccnn1Cc1ccc(Cl)cc1N. The maximum Gasteiger partial charge on any atom is 0.0682 e. The van der Waals surface area contributed by atoms with Crippen LogP contribution in [-0.4, -0.2) is 9.78 Å². The van der Waals surface area contributed by atoms with Crippen LogP contribution in [0, 0.1) is 6.92 Å². The molecule has 0 amide bonds. The molecular formula is C11H12ClN3. The molecule has 0 radical (unpaired) electrons. The first-order valence-electron chi connectivity index (χ1n) is 4.69. The highest BCUT2D eigenvalue weighted by Gasteiger charge is 2.03. The number of nitrogens with zero attached hydrogens (tertiary/aromatic N) is 2. The summed E-state index contributed by atoms with van der Waals surface area (Å²) in [5.74, 6) is 0. The Bertz CT molecular complexity index is 476. The summed E-state index contributed by atoms with van der Waals surface area (Å²) in [5, 5.41) is 4.86. The van der Waals surface area contributed by atoms with Gasteiger partial charge in [0.05, 0.1) is 6.54 Å². The molecule has 0 aliphatic heterocycles. The molecule has 0 saturated carbocycles. The average Bonchev–Trinajstić information content (AvgIpc) is 2.57. The fourth-order valence-electron chi connectivity index (χ4n) is 1.44. The number of anilines is 1. The van der Waals surface area contributed by atoms with Crippen LogP contribution in [0.25, 0.3) is 0 Å². The first-order valence-corrected chi connectivity index (χ1v) is 5.07. The van der Waals surface area contributed by atoms with Crippen LogP contribution >= 0.6 is 11.6 Å². The number of aryl methyl sites for hydroxylation is 1. The van der Waals surface area contributed by atoms with Crippen molar-refractivity contribution in [1.82, 2.24) is 9.78 Å². The zero-order valence-corrected chi connectivity index (χ0v) is 9.20. The van der Waals surface area contributed by atoms with Gasteiger partial charge in [-0.2, -0.15) is 5.10 Å². The molecule has 0 unspecified atom stereocenters. The summed E-state index contributed by atoms with van der Waals surface area (Å²) in [6.45, 7) is 2.70. The third-order valence-electron chi connectivity index (χ3n) is 2.36. The van der Waals surface area contributed by atoms with Crippen LogP contribution < -0.4 is 5.73 Å². The Morgan fingerprint density at radius 2 is 2.20 bits per heavy atom. The number of halogens is 1. The third-order valence-corrected chi connectivity index (χ3v) is 2.59. The fraction of sp³-hybridized carbons (Fsp3) is 0.182. The molecule has 78 valence electrons. The van der Waals surface area contributed by atoms with Crippen LogP contribution in [0.2, 0.25) is 5.02 Å². The lowest BCUT2D eigenvalue weighted by atomic mass is 10.2. The van der Waals surface area contributed by atoms with E-state index in [1.165, 1.54) is 0 Å². The van der Waals surface area contributed by atoms with Crippen LogP contribution in [-0.2, 0) is 6.54 Å². The van der Waals surface area contributed by atoms with Crippen molar-refractivity contribution in [2.45, 2.75) is 13.5 Å². The van der Waals surface area contributed by atoms with E-state index in [-0.39, 0.29) is 0 Å². The monoisotopic (exact) mass is 221 g/mol. The Balaban J connectivity index is 2.29. The van der Waals surface area contributed by atoms with E-state index >= 15 is 0 Å². The number of aromatic nitrogens is 2. The second-order valence-corrected chi connectivity index (χ2v) is 3.91. The summed E-state index contributed by atoms with van der Waals surface area (Å²) in [6, 6.07) is 7.49. The maximum absolute atomic E-state index is 5.86. The Labute approximate surface area is 93.5 Å². The topological polar surface area (TPSA) is 43.8 Å². The number of rotatable bonds is 2. The van der Waals surface area contributed by atoms with Gasteiger partial charge < -0.3 is 5.73 Å². The van der Waals surface area contributed by atoms with E-state index in [9.17, 15) is 0 Å². The lowest BCUT2D eigenvalue weighted by molar-refractivity contribution is 0.666. The molecule has 2 rings (SSSR count). The minimum Gasteiger partial charge on any atom is -0.398 e. The van der Waals surface area contributed by atoms with Crippen molar-refractivity contribution in [2.75, 3.05) is 5.73 Å². The van der Waals surface area contributed by atoms with Crippen LogP contribution in [0.4, 0.5) is 5.69 Å². The molecule has 0 spiro atoms. The molecule has 2 N–H and O–H groups in total. The van der Waals surface area contributed by atoms with Crippen molar-refractivity contribution in [1.29, 1.82) is 0 Å². The van der Waals surface area contributed by atoms with Crippen molar-refractivity contribution in [3.63, 3.8) is 0 Å². The van der Waals surface area contributed by atoms with E-state index in [2.05, 4.69) is 5.10 Å². The van der Waals surface area contributed by atoms with Crippen LogP contribution in [0.15, 0.2) is 30.5 Å². The van der Waals surface area contributed by atoms with Crippen molar-refractivity contribution < 1.29 is 0 Å². The Morgan fingerprint density at radius 1 is 1.40 bits per heavy atom. The van der Waals surface area contributed by atoms with Crippen molar-refractivity contribution in [2.24, 2.45) is 0 Å². The highest BCUT2D eigenvalue weighted by molar-refractivity contribution is 6.30. The maximum atomic E-state index is 5.86. The molecule has 0 bridgehead atoms. The molecular weight excluding hydrogens is 210 g/mol. The van der Waals surface area contributed by atoms with Gasteiger partial charge in [-0.05, 0) is 30.7 Å². The number of nitrogen functional groups attached to an aromatic ring is 1. The molecule has 1 aromatic carbocycles. The summed E-state index contributed by atoms with van der Waals surface area (Å²) in [5.41, 5.74) is 8.72. The van der Waals surface area contributed by atoms with Gasteiger partial charge in [0, 0.05) is 22.6 Å². The first-order chi connectivity index (χ1) is 7.16. The van der Waals surface area contributed by atoms with Gasteiger partial charge in [-0.1, -0.05) is 17.7 Å². The average molecular weight is 222 g/mol. The summed E-state index contributed by atoms with van der Waals surface area (Å²) in [4.78, 5) is 0. The van der Waals surface area contributed by atoms with Gasteiger partial charge in [-0.25, -0.2) is 0 Å². The molecule has 0 saturated heterocycles. The molecule has 4 heteroatoms. The summed E-state index contributed by atoms with van der Waals surface area (Å²) in [6.07, 6.45) is 1.78. The molecule has 2 aromatic rings. The normalized spacial score (nSPS) is 10.5. The van der Waals surface area contributed by atoms with E-state index < -0.39 is 0 Å². The van der Waals surface area contributed by atoms with Crippen LogP contribution in [0.3, 0.4) is 0 Å². The van der Waals surface area contributed by atoms with Gasteiger partial charge >= 0.3 is 0 Å². The summed E-state index contributed by atoms with van der Waals surface area (Å²) < 4.78 is 1.90. The largest absolute Gasteiger partial charge is 0.398 e. The molecule has 0 aliphatic carbocycles. The lowest BCUT2D eigenvalue weighted by Gasteiger charge is -2.07. The molecule has 3 nitrogen and oxygen atoms in total. The van der Waals surface area contributed by atoms with E-state index in [0.29, 0.717) is 17.3 Å². The van der Waals surface area contributed by atoms with Crippen LogP contribution in [0.1, 0.15) is 11.3 Å². The highest BCUT2D eigenvalue weighted by atomic mass is 35.5. The van der Waals surface area contributed by atoms with Gasteiger partial charge in [-0.3, -0.25) is 4.68 Å². The Kier molecular flexibility index (Phi) is 2.64.